The third-order valence-electron chi connectivity index (χ3n) is 5.35. The summed E-state index contributed by atoms with van der Waals surface area (Å²) < 4.78 is 41.9. The van der Waals surface area contributed by atoms with Crippen LogP contribution in [0.3, 0.4) is 0 Å². The standard InChI is InChI=1S/C22H28N2O7S/c1-15-12-16(31-20(15)22(26)29-4)14-30-21(25)18-13-17(32(27,28)23(2)3)8-9-19(18)24-10-6-5-7-11-24/h8-9,12-13H,5-7,10-11,14H2,1-4H3. The van der Waals surface area contributed by atoms with E-state index in [-0.39, 0.29) is 28.6 Å². The minimum Gasteiger partial charge on any atom is -0.463 e. The molecular weight excluding hydrogens is 436 g/mol. The van der Waals surface area contributed by atoms with Gasteiger partial charge < -0.3 is 18.8 Å². The van der Waals surface area contributed by atoms with E-state index < -0.39 is 22.0 Å². The first-order valence-electron chi connectivity index (χ1n) is 10.3. The number of piperidine rings is 1. The molecule has 1 fully saturated rings. The number of sulfonamides is 1. The van der Waals surface area contributed by atoms with Crippen molar-refractivity contribution in [1.82, 2.24) is 4.31 Å². The second kappa shape index (κ2) is 9.74. The molecule has 0 radical (unpaired) electrons. The van der Waals surface area contributed by atoms with Gasteiger partial charge in [0.05, 0.1) is 23.3 Å². The number of benzene rings is 1. The third kappa shape index (κ3) is 4.97. The first-order chi connectivity index (χ1) is 15.1. The lowest BCUT2D eigenvalue weighted by Gasteiger charge is -2.30. The largest absolute Gasteiger partial charge is 0.463 e. The lowest BCUT2D eigenvalue weighted by atomic mass is 10.1. The molecule has 174 valence electrons. The molecule has 2 heterocycles. The quantitative estimate of drug-likeness (QED) is 0.576. The molecule has 0 amide bonds. The van der Waals surface area contributed by atoms with Gasteiger partial charge in [-0.1, -0.05) is 0 Å². The van der Waals surface area contributed by atoms with E-state index in [1.807, 2.05) is 0 Å². The fourth-order valence-corrected chi connectivity index (χ4v) is 4.52. The Morgan fingerprint density at radius 3 is 2.41 bits per heavy atom. The number of rotatable bonds is 7. The Bertz CT molecular complexity index is 1100. The van der Waals surface area contributed by atoms with Crippen molar-refractivity contribution in [3.8, 4) is 0 Å². The Kier molecular flexibility index (Phi) is 7.25. The van der Waals surface area contributed by atoms with E-state index >= 15 is 0 Å². The highest BCUT2D eigenvalue weighted by atomic mass is 32.2. The van der Waals surface area contributed by atoms with Crippen LogP contribution in [-0.2, 0) is 26.1 Å². The fraction of sp³-hybridized carbons (Fsp3) is 0.455. The number of nitrogens with zero attached hydrogens (tertiary/aromatic N) is 2. The molecule has 1 aromatic carbocycles. The topological polar surface area (TPSA) is 106 Å². The Balaban J connectivity index is 1.89. The maximum absolute atomic E-state index is 13.0. The number of aryl methyl sites for hydroxylation is 1. The number of carbonyl (C=O) groups excluding carboxylic acids is 2. The SMILES string of the molecule is COC(=O)c1oc(COC(=O)c2cc(S(=O)(=O)N(C)C)ccc2N2CCCCC2)cc1C. The van der Waals surface area contributed by atoms with Gasteiger partial charge in [0, 0.05) is 32.7 Å². The van der Waals surface area contributed by atoms with Crippen LogP contribution in [0.4, 0.5) is 5.69 Å². The van der Waals surface area contributed by atoms with Crippen molar-refractivity contribution in [2.24, 2.45) is 0 Å². The summed E-state index contributed by atoms with van der Waals surface area (Å²) in [6, 6.07) is 6.12. The number of ether oxygens (including phenoxy) is 2. The number of anilines is 1. The van der Waals surface area contributed by atoms with Gasteiger partial charge in [-0.2, -0.15) is 0 Å². The third-order valence-corrected chi connectivity index (χ3v) is 7.16. The van der Waals surface area contributed by atoms with Crippen LogP contribution in [0.5, 0.6) is 0 Å². The molecule has 0 bridgehead atoms. The summed E-state index contributed by atoms with van der Waals surface area (Å²) in [4.78, 5) is 26.8. The van der Waals surface area contributed by atoms with Crippen LogP contribution < -0.4 is 4.90 Å². The number of methoxy groups -OCH3 is 1. The van der Waals surface area contributed by atoms with E-state index in [0.29, 0.717) is 11.3 Å². The maximum Gasteiger partial charge on any atom is 0.374 e. The average Bonchev–Trinajstić information content (AvgIpc) is 3.17. The summed E-state index contributed by atoms with van der Waals surface area (Å²) >= 11 is 0. The highest BCUT2D eigenvalue weighted by Gasteiger charge is 2.25. The lowest BCUT2D eigenvalue weighted by Crippen LogP contribution is -2.31. The number of carbonyl (C=O) groups is 2. The van der Waals surface area contributed by atoms with E-state index in [1.165, 1.54) is 33.3 Å². The van der Waals surface area contributed by atoms with Gasteiger partial charge in [0.15, 0.2) is 0 Å². The molecule has 0 atom stereocenters. The van der Waals surface area contributed by atoms with Gasteiger partial charge >= 0.3 is 11.9 Å². The van der Waals surface area contributed by atoms with Crippen molar-refractivity contribution in [3.05, 3.63) is 46.9 Å². The highest BCUT2D eigenvalue weighted by molar-refractivity contribution is 7.89. The number of hydrogen-bond acceptors (Lipinski definition) is 8. The summed E-state index contributed by atoms with van der Waals surface area (Å²) in [5.74, 6) is -0.955. The number of esters is 2. The molecule has 1 aromatic heterocycles. The van der Waals surface area contributed by atoms with E-state index in [0.717, 1.165) is 36.7 Å². The zero-order chi connectivity index (χ0) is 23.5. The number of hydrogen-bond donors (Lipinski definition) is 0. The monoisotopic (exact) mass is 464 g/mol. The van der Waals surface area contributed by atoms with Crippen molar-refractivity contribution < 1.29 is 31.9 Å². The molecule has 0 spiro atoms. The van der Waals surface area contributed by atoms with Gasteiger partial charge in [-0.15, -0.1) is 0 Å². The first kappa shape index (κ1) is 23.8. The van der Waals surface area contributed by atoms with Crippen LogP contribution in [0.15, 0.2) is 33.6 Å². The highest BCUT2D eigenvalue weighted by Crippen LogP contribution is 2.29. The van der Waals surface area contributed by atoms with E-state index in [2.05, 4.69) is 9.64 Å². The fourth-order valence-electron chi connectivity index (χ4n) is 3.59. The summed E-state index contributed by atoms with van der Waals surface area (Å²) in [5.41, 5.74) is 1.38. The predicted octanol–water partition coefficient (Wildman–Crippen LogP) is 2.97. The van der Waals surface area contributed by atoms with Crippen molar-refractivity contribution in [1.29, 1.82) is 0 Å². The predicted molar refractivity (Wildman–Crippen MR) is 117 cm³/mol. The molecule has 1 aliphatic rings. The molecule has 1 aliphatic heterocycles. The smallest absolute Gasteiger partial charge is 0.374 e. The van der Waals surface area contributed by atoms with Crippen LogP contribution >= 0.6 is 0 Å². The molecule has 32 heavy (non-hydrogen) atoms. The van der Waals surface area contributed by atoms with E-state index in [4.69, 9.17) is 9.15 Å². The molecule has 3 rings (SSSR count). The second-order valence-electron chi connectivity index (χ2n) is 7.81. The van der Waals surface area contributed by atoms with Gasteiger partial charge in [-0.25, -0.2) is 22.3 Å². The summed E-state index contributed by atoms with van der Waals surface area (Å²) in [5, 5.41) is 0. The Morgan fingerprint density at radius 2 is 1.78 bits per heavy atom. The van der Waals surface area contributed by atoms with Crippen molar-refractivity contribution >= 4 is 27.6 Å². The van der Waals surface area contributed by atoms with Gasteiger partial charge in [0.25, 0.3) is 0 Å². The van der Waals surface area contributed by atoms with Crippen LogP contribution in [0.1, 0.15) is 51.5 Å². The van der Waals surface area contributed by atoms with Crippen LogP contribution in [0.2, 0.25) is 0 Å². The van der Waals surface area contributed by atoms with Gasteiger partial charge in [-0.05, 0) is 50.5 Å². The van der Waals surface area contributed by atoms with Crippen LogP contribution in [-0.4, -0.2) is 59.0 Å². The average molecular weight is 465 g/mol. The van der Waals surface area contributed by atoms with Crippen molar-refractivity contribution in [3.63, 3.8) is 0 Å². The molecule has 2 aromatic rings. The zero-order valence-electron chi connectivity index (χ0n) is 18.7. The Morgan fingerprint density at radius 1 is 1.09 bits per heavy atom. The molecule has 1 saturated heterocycles. The molecule has 0 saturated carbocycles. The molecular formula is C22H28N2O7S. The van der Waals surface area contributed by atoms with Gasteiger partial charge in [0.1, 0.15) is 12.4 Å². The molecule has 0 unspecified atom stereocenters. The van der Waals surface area contributed by atoms with E-state index in [1.54, 1.807) is 19.1 Å². The molecule has 10 heteroatoms. The Labute approximate surface area is 187 Å². The van der Waals surface area contributed by atoms with Crippen LogP contribution in [0, 0.1) is 6.92 Å². The minimum atomic E-state index is -3.73. The number of furan rings is 1. The van der Waals surface area contributed by atoms with Crippen molar-refractivity contribution in [2.75, 3.05) is 39.2 Å². The van der Waals surface area contributed by atoms with Crippen LogP contribution in [0.25, 0.3) is 0 Å². The summed E-state index contributed by atoms with van der Waals surface area (Å²) in [6.07, 6.45) is 3.10. The lowest BCUT2D eigenvalue weighted by molar-refractivity contribution is 0.0438. The summed E-state index contributed by atoms with van der Waals surface area (Å²) in [6.45, 7) is 3.03. The Hall–Kier alpha value is -2.85. The normalized spacial score (nSPS) is 14.5. The van der Waals surface area contributed by atoms with Gasteiger partial charge in [0.2, 0.25) is 15.8 Å². The molecule has 0 aliphatic carbocycles. The van der Waals surface area contributed by atoms with Gasteiger partial charge in [-0.3, -0.25) is 0 Å². The second-order valence-corrected chi connectivity index (χ2v) is 9.96. The molecule has 9 nitrogen and oxygen atoms in total. The molecule has 0 N–H and O–H groups in total. The van der Waals surface area contributed by atoms with Crippen molar-refractivity contribution in [2.45, 2.75) is 37.7 Å². The maximum atomic E-state index is 13.0. The zero-order valence-corrected chi connectivity index (χ0v) is 19.5. The minimum absolute atomic E-state index is 0.0111. The first-order valence-corrected chi connectivity index (χ1v) is 11.8. The summed E-state index contributed by atoms with van der Waals surface area (Å²) in [7, 11) is 0.395. The van der Waals surface area contributed by atoms with E-state index in [9.17, 15) is 18.0 Å².